The molecule has 0 radical (unpaired) electrons. The molecule has 0 aliphatic rings. The van der Waals surface area contributed by atoms with Crippen molar-refractivity contribution in [2.75, 3.05) is 18.5 Å². The predicted octanol–water partition coefficient (Wildman–Crippen LogP) is 4.68. The minimum Gasteiger partial charge on any atom is -0.493 e. The number of hydrogen-bond donors (Lipinski definition) is 2. The van der Waals surface area contributed by atoms with Crippen LogP contribution in [0, 0.1) is 0 Å². The summed E-state index contributed by atoms with van der Waals surface area (Å²) in [6.07, 6.45) is 1.00. The zero-order chi connectivity index (χ0) is 18.4. The molecule has 6 heteroatoms. The first kappa shape index (κ1) is 19.2. The number of H-pyrrole nitrogens is 1. The van der Waals surface area contributed by atoms with Gasteiger partial charge in [0.2, 0.25) is 0 Å². The number of ether oxygens (including phenoxy) is 2. The van der Waals surface area contributed by atoms with Gasteiger partial charge >= 0.3 is 0 Å². The fourth-order valence-corrected chi connectivity index (χ4v) is 2.70. The normalized spacial score (nSPS) is 11.2. The van der Waals surface area contributed by atoms with E-state index >= 15 is 0 Å². The van der Waals surface area contributed by atoms with Crippen molar-refractivity contribution < 1.29 is 9.47 Å². The molecule has 0 saturated carbocycles. The summed E-state index contributed by atoms with van der Waals surface area (Å²) in [4.78, 5) is 0.539. The lowest BCUT2D eigenvalue weighted by molar-refractivity contribution is 0.322. The van der Waals surface area contributed by atoms with Crippen molar-refractivity contribution in [3.8, 4) is 11.5 Å². The van der Waals surface area contributed by atoms with Crippen LogP contribution in [-0.4, -0.2) is 28.4 Å². The first-order chi connectivity index (χ1) is 11.9. The second-order valence-electron chi connectivity index (χ2n) is 6.35. The summed E-state index contributed by atoms with van der Waals surface area (Å²) in [7, 11) is 0. The number of rotatable bonds is 8. The van der Waals surface area contributed by atoms with Crippen LogP contribution in [0.4, 0.5) is 5.82 Å². The van der Waals surface area contributed by atoms with Crippen molar-refractivity contribution >= 4 is 23.0 Å². The second kappa shape index (κ2) is 8.34. The molecule has 0 bridgehead atoms. The van der Waals surface area contributed by atoms with E-state index in [0.29, 0.717) is 29.7 Å². The van der Waals surface area contributed by atoms with Crippen molar-refractivity contribution in [1.29, 1.82) is 0 Å². The highest BCUT2D eigenvalue weighted by Gasteiger charge is 2.22. The lowest BCUT2D eigenvalue weighted by Gasteiger charge is -2.19. The van der Waals surface area contributed by atoms with E-state index in [1.165, 1.54) is 0 Å². The minimum atomic E-state index is 0.0117. The van der Waals surface area contributed by atoms with Crippen molar-refractivity contribution in [3.63, 3.8) is 0 Å². The van der Waals surface area contributed by atoms with Gasteiger partial charge in [0.25, 0.3) is 0 Å². The van der Waals surface area contributed by atoms with E-state index in [1.54, 1.807) is 0 Å². The number of thiocarbonyl (C=S) groups is 1. The fourth-order valence-electron chi connectivity index (χ4n) is 2.38. The van der Waals surface area contributed by atoms with Crippen LogP contribution >= 0.6 is 12.2 Å². The van der Waals surface area contributed by atoms with E-state index in [4.69, 9.17) is 21.7 Å². The van der Waals surface area contributed by atoms with Crippen LogP contribution < -0.4 is 14.8 Å². The summed E-state index contributed by atoms with van der Waals surface area (Å²) in [6, 6.07) is 7.70. The molecule has 0 unspecified atom stereocenters. The average Bonchev–Trinajstić information content (AvgIpc) is 3.05. The third-order valence-corrected chi connectivity index (χ3v) is 4.52. The molecule has 2 rings (SSSR count). The van der Waals surface area contributed by atoms with Crippen molar-refractivity contribution in [1.82, 2.24) is 10.2 Å². The maximum absolute atomic E-state index is 5.73. The molecule has 0 atom stereocenters. The van der Waals surface area contributed by atoms with Gasteiger partial charge in [-0.15, -0.1) is 0 Å². The molecule has 0 saturated heterocycles. The van der Waals surface area contributed by atoms with E-state index in [0.717, 1.165) is 23.5 Å². The molecule has 136 valence electrons. The number of anilines is 1. The Morgan fingerprint density at radius 3 is 2.28 bits per heavy atom. The van der Waals surface area contributed by atoms with Crippen molar-refractivity contribution in [3.05, 3.63) is 35.5 Å². The van der Waals surface area contributed by atoms with Crippen LogP contribution in [0.3, 0.4) is 0 Å². The Morgan fingerprint density at radius 2 is 1.76 bits per heavy atom. The standard InChI is InChI=1S/C19H27N3O2S/c1-6-19(4,5)15-12-16(22-21-15)20-18(25)17-13(23-7-2)10-9-11-14(17)24-8-3/h9-12H,6-8H2,1-5H3,(H2,20,21,22,25). The van der Waals surface area contributed by atoms with E-state index < -0.39 is 0 Å². The largest absolute Gasteiger partial charge is 0.493 e. The number of hydrogen-bond acceptors (Lipinski definition) is 4. The molecule has 25 heavy (non-hydrogen) atoms. The fraction of sp³-hybridized carbons (Fsp3) is 0.474. The van der Waals surface area contributed by atoms with Crippen molar-refractivity contribution in [2.24, 2.45) is 0 Å². The zero-order valence-corrected chi connectivity index (χ0v) is 16.4. The Hall–Kier alpha value is -2.08. The van der Waals surface area contributed by atoms with Gasteiger partial charge in [0, 0.05) is 11.5 Å². The first-order valence-corrected chi connectivity index (χ1v) is 9.09. The van der Waals surface area contributed by atoms with Gasteiger partial charge < -0.3 is 14.8 Å². The first-order valence-electron chi connectivity index (χ1n) is 8.68. The van der Waals surface area contributed by atoms with E-state index in [9.17, 15) is 0 Å². The number of aromatic amines is 1. The van der Waals surface area contributed by atoms with Gasteiger partial charge in [0.1, 0.15) is 22.3 Å². The summed E-state index contributed by atoms with van der Waals surface area (Å²) < 4.78 is 11.5. The summed E-state index contributed by atoms with van der Waals surface area (Å²) >= 11 is 5.62. The second-order valence-corrected chi connectivity index (χ2v) is 6.76. The Labute approximate surface area is 155 Å². The number of benzene rings is 1. The van der Waals surface area contributed by atoms with Crippen LogP contribution in [0.15, 0.2) is 24.3 Å². The molecule has 0 aliphatic carbocycles. The van der Waals surface area contributed by atoms with Gasteiger partial charge in [0.15, 0.2) is 0 Å². The molecule has 1 heterocycles. The highest BCUT2D eigenvalue weighted by atomic mass is 32.1. The Bertz CT molecular complexity index is 701. The SMILES string of the molecule is CCOc1cccc(OCC)c1C(=S)Nc1cc(C(C)(C)CC)n[nH]1. The highest BCUT2D eigenvalue weighted by molar-refractivity contribution is 7.81. The Morgan fingerprint density at radius 1 is 1.16 bits per heavy atom. The predicted molar refractivity (Wildman–Crippen MR) is 106 cm³/mol. The number of aromatic nitrogens is 2. The summed E-state index contributed by atoms with van der Waals surface area (Å²) in [5.41, 5.74) is 1.77. The third kappa shape index (κ3) is 4.51. The smallest absolute Gasteiger partial charge is 0.133 e. The monoisotopic (exact) mass is 361 g/mol. The van der Waals surface area contributed by atoms with E-state index in [2.05, 4.69) is 36.3 Å². The molecular formula is C19H27N3O2S. The lowest BCUT2D eigenvalue weighted by Crippen LogP contribution is -2.16. The summed E-state index contributed by atoms with van der Waals surface area (Å²) in [6.45, 7) is 11.5. The Kier molecular flexibility index (Phi) is 6.42. The molecule has 0 spiro atoms. The highest BCUT2D eigenvalue weighted by Crippen LogP contribution is 2.31. The molecule has 2 N–H and O–H groups in total. The molecule has 0 aliphatic heterocycles. The van der Waals surface area contributed by atoms with Gasteiger partial charge in [-0.25, -0.2) is 0 Å². The van der Waals surface area contributed by atoms with Gasteiger partial charge in [-0.3, -0.25) is 5.10 Å². The molecule has 1 aromatic carbocycles. The minimum absolute atomic E-state index is 0.0117. The molecule has 5 nitrogen and oxygen atoms in total. The lowest BCUT2D eigenvalue weighted by atomic mass is 9.87. The molecule has 0 amide bonds. The average molecular weight is 362 g/mol. The van der Waals surface area contributed by atoms with Crippen LogP contribution in [0.1, 0.15) is 52.3 Å². The van der Waals surface area contributed by atoms with E-state index in [1.807, 2.05) is 38.1 Å². The molecule has 1 aromatic heterocycles. The topological polar surface area (TPSA) is 59.2 Å². The van der Waals surface area contributed by atoms with Crippen LogP contribution in [0.2, 0.25) is 0 Å². The zero-order valence-electron chi connectivity index (χ0n) is 15.6. The summed E-state index contributed by atoms with van der Waals surface area (Å²) in [5.74, 6) is 2.18. The maximum atomic E-state index is 5.73. The molecule has 2 aromatic rings. The van der Waals surface area contributed by atoms with Crippen molar-refractivity contribution in [2.45, 2.75) is 46.5 Å². The third-order valence-electron chi connectivity index (χ3n) is 4.22. The van der Waals surface area contributed by atoms with Crippen LogP contribution in [-0.2, 0) is 5.41 Å². The maximum Gasteiger partial charge on any atom is 0.133 e. The number of nitrogens with one attached hydrogen (secondary N) is 2. The van der Waals surface area contributed by atoms with Crippen LogP contribution in [0.25, 0.3) is 0 Å². The van der Waals surface area contributed by atoms with Gasteiger partial charge in [-0.2, -0.15) is 5.10 Å². The summed E-state index contributed by atoms with van der Waals surface area (Å²) in [5, 5.41) is 10.7. The van der Waals surface area contributed by atoms with E-state index in [-0.39, 0.29) is 5.41 Å². The number of nitrogens with zero attached hydrogens (tertiary/aromatic N) is 1. The quantitative estimate of drug-likeness (QED) is 0.669. The Balaban J connectivity index is 2.29. The molecular weight excluding hydrogens is 334 g/mol. The van der Waals surface area contributed by atoms with Crippen LogP contribution in [0.5, 0.6) is 11.5 Å². The van der Waals surface area contributed by atoms with Gasteiger partial charge in [-0.05, 0) is 32.4 Å². The van der Waals surface area contributed by atoms with Gasteiger partial charge in [0.05, 0.1) is 24.5 Å². The molecule has 0 fully saturated rings. The van der Waals surface area contributed by atoms with Gasteiger partial charge in [-0.1, -0.05) is 39.1 Å².